The van der Waals surface area contributed by atoms with Gasteiger partial charge in [-0.1, -0.05) is 25.4 Å². The molecule has 0 saturated carbocycles. The van der Waals surface area contributed by atoms with E-state index in [0.29, 0.717) is 24.0 Å². The van der Waals surface area contributed by atoms with Crippen LogP contribution < -0.4 is 0 Å². The van der Waals surface area contributed by atoms with Crippen molar-refractivity contribution in [3.05, 3.63) is 10.7 Å². The smallest absolute Gasteiger partial charge is 0.344 e. The Bertz CT molecular complexity index is 457. The molecule has 5 nitrogen and oxygen atoms in total. The van der Waals surface area contributed by atoms with Gasteiger partial charge in [-0.2, -0.15) is 5.10 Å². The molecule has 7 heteroatoms. The summed E-state index contributed by atoms with van der Waals surface area (Å²) in [4.78, 5) is 12.1. The van der Waals surface area contributed by atoms with Gasteiger partial charge in [0.25, 0.3) is 0 Å². The number of aryl methyl sites for hydroxylation is 1. The summed E-state index contributed by atoms with van der Waals surface area (Å²) in [5.41, 5.74) is 0.352. The van der Waals surface area contributed by atoms with E-state index >= 15 is 0 Å². The van der Waals surface area contributed by atoms with Crippen LogP contribution in [0.4, 0.5) is 0 Å². The number of esters is 1. The minimum Gasteiger partial charge on any atom is -0.454 e. The molecule has 2 heterocycles. The molecule has 0 atom stereocenters. The van der Waals surface area contributed by atoms with Gasteiger partial charge in [-0.15, -0.1) is 11.8 Å². The average Bonchev–Trinajstić information content (AvgIpc) is 2.47. The molecule has 0 N–H and O–H groups in total. The Morgan fingerprint density at radius 1 is 1.61 bits per heavy atom. The number of carbonyl (C=O) groups is 1. The summed E-state index contributed by atoms with van der Waals surface area (Å²) in [6.07, 6.45) is -0.161. The molecule has 18 heavy (non-hydrogen) atoms. The molecule has 0 spiro atoms. The van der Waals surface area contributed by atoms with Gasteiger partial charge in [0.1, 0.15) is 16.7 Å². The molecule has 2 rings (SSSR count). The Kier molecular flexibility index (Phi) is 4.19. The molecule has 1 aromatic rings. The van der Waals surface area contributed by atoms with E-state index in [-0.39, 0.29) is 11.3 Å². The molecule has 0 unspecified atom stereocenters. The molecule has 0 bridgehead atoms. The number of halogens is 1. The van der Waals surface area contributed by atoms with Crippen molar-refractivity contribution in [1.29, 1.82) is 0 Å². The van der Waals surface area contributed by atoms with Gasteiger partial charge >= 0.3 is 5.97 Å². The van der Waals surface area contributed by atoms with Crippen LogP contribution in [0.3, 0.4) is 0 Å². The van der Waals surface area contributed by atoms with E-state index in [1.807, 2.05) is 13.8 Å². The molecule has 0 amide bonds. The summed E-state index contributed by atoms with van der Waals surface area (Å²) in [5.74, 6) is -0.426. The second-order valence-corrected chi connectivity index (χ2v) is 6.25. The van der Waals surface area contributed by atoms with Crippen molar-refractivity contribution in [3.63, 3.8) is 0 Å². The van der Waals surface area contributed by atoms with Crippen molar-refractivity contribution in [2.45, 2.75) is 30.2 Å². The highest BCUT2D eigenvalue weighted by Crippen LogP contribution is 2.31. The second-order valence-electron chi connectivity index (χ2n) is 4.33. The van der Waals surface area contributed by atoms with Crippen molar-refractivity contribution in [1.82, 2.24) is 9.78 Å². The summed E-state index contributed by atoms with van der Waals surface area (Å²) in [6, 6.07) is 0. The zero-order valence-corrected chi connectivity index (χ0v) is 12.0. The van der Waals surface area contributed by atoms with Crippen LogP contribution in [0.15, 0.2) is 5.03 Å². The van der Waals surface area contributed by atoms with E-state index in [2.05, 4.69) is 5.10 Å². The maximum atomic E-state index is 12.1. The summed E-state index contributed by atoms with van der Waals surface area (Å²) in [7, 11) is 1.76. The van der Waals surface area contributed by atoms with Crippen LogP contribution in [0.1, 0.15) is 24.2 Å². The number of nitrogens with zero attached hydrogens (tertiary/aromatic N) is 2. The fourth-order valence-corrected chi connectivity index (χ4v) is 2.77. The summed E-state index contributed by atoms with van der Waals surface area (Å²) in [6.45, 7) is 4.99. The third-order valence-corrected chi connectivity index (χ3v) is 3.81. The van der Waals surface area contributed by atoms with Crippen molar-refractivity contribution in [2.24, 2.45) is 7.05 Å². The molecule has 1 saturated heterocycles. The first kappa shape index (κ1) is 13.7. The molecule has 1 aliphatic rings. The van der Waals surface area contributed by atoms with E-state index in [1.54, 1.807) is 11.7 Å². The minimum atomic E-state index is -0.426. The van der Waals surface area contributed by atoms with E-state index in [9.17, 15) is 4.79 Å². The number of thioether (sulfide) groups is 1. The largest absolute Gasteiger partial charge is 0.454 e. The van der Waals surface area contributed by atoms with E-state index in [4.69, 9.17) is 21.1 Å². The second kappa shape index (κ2) is 5.50. The zero-order chi connectivity index (χ0) is 13.3. The maximum absolute atomic E-state index is 12.1. The number of rotatable bonds is 4. The normalized spacial score (nSPS) is 15.8. The number of aromatic nitrogens is 2. The summed E-state index contributed by atoms with van der Waals surface area (Å²) < 4.78 is 11.9. The van der Waals surface area contributed by atoms with Crippen molar-refractivity contribution < 1.29 is 14.3 Å². The molecule has 1 aliphatic heterocycles. The van der Waals surface area contributed by atoms with Crippen LogP contribution in [-0.2, 0) is 16.5 Å². The third kappa shape index (κ3) is 2.81. The Morgan fingerprint density at radius 3 is 2.78 bits per heavy atom. The lowest BCUT2D eigenvalue weighted by molar-refractivity contribution is -0.103. The zero-order valence-electron chi connectivity index (χ0n) is 10.5. The number of carbonyl (C=O) groups excluding carboxylic acids is 1. The predicted octanol–water partition coefficient (Wildman–Crippen LogP) is 2.13. The highest BCUT2D eigenvalue weighted by Gasteiger charge is 2.29. The Labute approximate surface area is 115 Å². The molecular formula is C11H15ClN2O3S. The molecule has 0 radical (unpaired) electrons. The van der Waals surface area contributed by atoms with Crippen molar-refractivity contribution in [2.75, 3.05) is 13.2 Å². The predicted molar refractivity (Wildman–Crippen MR) is 69.2 cm³/mol. The fraction of sp³-hybridized carbons (Fsp3) is 0.636. The highest BCUT2D eigenvalue weighted by molar-refractivity contribution is 7.99. The van der Waals surface area contributed by atoms with Crippen LogP contribution in [0.2, 0.25) is 5.15 Å². The average molecular weight is 291 g/mol. The summed E-state index contributed by atoms with van der Waals surface area (Å²) in [5, 5.41) is 5.32. The van der Waals surface area contributed by atoms with Crippen LogP contribution in [0, 0.1) is 0 Å². The molecule has 0 aliphatic carbocycles. The molecule has 1 aromatic heterocycles. The van der Waals surface area contributed by atoms with Gasteiger partial charge in [-0.05, 0) is 0 Å². The van der Waals surface area contributed by atoms with E-state index in [0.717, 1.165) is 5.03 Å². The maximum Gasteiger partial charge on any atom is 0.344 e. The van der Waals surface area contributed by atoms with Gasteiger partial charge < -0.3 is 9.47 Å². The Morgan fingerprint density at radius 2 is 2.28 bits per heavy atom. The lowest BCUT2D eigenvalue weighted by Gasteiger charge is -2.25. The number of ether oxygens (including phenoxy) is 2. The number of hydrogen-bond acceptors (Lipinski definition) is 5. The first-order valence-corrected chi connectivity index (χ1v) is 6.92. The SMILES string of the molecule is CC(C)Sc1c(C(=O)OC2COC2)c(Cl)nn1C. The lowest BCUT2D eigenvalue weighted by atomic mass is 10.3. The first-order chi connectivity index (χ1) is 8.49. The van der Waals surface area contributed by atoms with Crippen LogP contribution in [0.25, 0.3) is 0 Å². The summed E-state index contributed by atoms with van der Waals surface area (Å²) >= 11 is 7.53. The first-order valence-electron chi connectivity index (χ1n) is 5.67. The third-order valence-electron chi connectivity index (χ3n) is 2.38. The fourth-order valence-electron chi connectivity index (χ4n) is 1.50. The van der Waals surface area contributed by atoms with Crippen molar-refractivity contribution >= 4 is 29.3 Å². The van der Waals surface area contributed by atoms with Gasteiger partial charge in [0, 0.05) is 12.3 Å². The number of hydrogen-bond donors (Lipinski definition) is 0. The highest BCUT2D eigenvalue weighted by atomic mass is 35.5. The Hall–Kier alpha value is -0.720. The van der Waals surface area contributed by atoms with Gasteiger partial charge in [0.15, 0.2) is 5.15 Å². The topological polar surface area (TPSA) is 53.4 Å². The molecule has 1 fully saturated rings. The van der Waals surface area contributed by atoms with Crippen LogP contribution in [0.5, 0.6) is 0 Å². The van der Waals surface area contributed by atoms with Crippen molar-refractivity contribution in [3.8, 4) is 0 Å². The van der Waals surface area contributed by atoms with Gasteiger partial charge in [0.2, 0.25) is 0 Å². The minimum absolute atomic E-state index is 0.161. The monoisotopic (exact) mass is 290 g/mol. The molecular weight excluding hydrogens is 276 g/mol. The molecule has 100 valence electrons. The van der Waals surface area contributed by atoms with Crippen LogP contribution >= 0.6 is 23.4 Å². The van der Waals surface area contributed by atoms with Crippen LogP contribution in [-0.4, -0.2) is 40.3 Å². The van der Waals surface area contributed by atoms with E-state index in [1.165, 1.54) is 11.8 Å². The quantitative estimate of drug-likeness (QED) is 0.628. The van der Waals surface area contributed by atoms with Gasteiger partial charge in [-0.3, -0.25) is 4.68 Å². The lowest BCUT2D eigenvalue weighted by Crippen LogP contribution is -2.37. The van der Waals surface area contributed by atoms with Gasteiger partial charge in [0.05, 0.1) is 13.2 Å². The van der Waals surface area contributed by atoms with Gasteiger partial charge in [-0.25, -0.2) is 4.79 Å². The van der Waals surface area contributed by atoms with E-state index < -0.39 is 5.97 Å². The standard InChI is InChI=1S/C11H15ClN2O3S/c1-6(2)18-10-8(9(12)13-14(10)3)11(15)17-7-4-16-5-7/h6-7H,4-5H2,1-3H3. The molecule has 0 aromatic carbocycles. The Balaban J connectivity index is 2.21.